The highest BCUT2D eigenvalue weighted by atomic mass is 16.1. The van der Waals surface area contributed by atoms with E-state index in [4.69, 9.17) is 5.73 Å². The molecule has 2 rings (SSSR count). The number of nitrogens with zero attached hydrogens (tertiary/aromatic N) is 1. The van der Waals surface area contributed by atoms with Gasteiger partial charge in [0.1, 0.15) is 0 Å². The van der Waals surface area contributed by atoms with Gasteiger partial charge in [-0.15, -0.1) is 0 Å². The van der Waals surface area contributed by atoms with Gasteiger partial charge >= 0.3 is 0 Å². The van der Waals surface area contributed by atoms with Crippen molar-refractivity contribution in [3.8, 4) is 0 Å². The Labute approximate surface area is 115 Å². The molecule has 1 unspecified atom stereocenters. The van der Waals surface area contributed by atoms with E-state index in [0.717, 1.165) is 38.2 Å². The fourth-order valence-electron chi connectivity index (χ4n) is 2.69. The number of benzene rings is 1. The van der Waals surface area contributed by atoms with Gasteiger partial charge in [0.2, 0.25) is 5.91 Å². The van der Waals surface area contributed by atoms with Crippen molar-refractivity contribution in [3.05, 3.63) is 35.4 Å². The summed E-state index contributed by atoms with van der Waals surface area (Å²) in [5.41, 5.74) is 7.09. The summed E-state index contributed by atoms with van der Waals surface area (Å²) in [7, 11) is 0. The Hall–Kier alpha value is -1.39. The zero-order valence-corrected chi connectivity index (χ0v) is 11.6. The number of carbonyl (C=O) groups excluding carboxylic acids is 1. The Balaban J connectivity index is 2.07. The van der Waals surface area contributed by atoms with Crippen LogP contribution in [0.15, 0.2) is 24.3 Å². The summed E-state index contributed by atoms with van der Waals surface area (Å²) in [5.74, 6) is -0.355. The molecular weight excluding hydrogens is 238 g/mol. The molecule has 1 amide bonds. The van der Waals surface area contributed by atoms with Crippen LogP contribution in [0, 0.1) is 0 Å². The van der Waals surface area contributed by atoms with Gasteiger partial charge in [0, 0.05) is 24.7 Å². The molecule has 3 N–H and O–H groups in total. The van der Waals surface area contributed by atoms with Gasteiger partial charge < -0.3 is 11.1 Å². The van der Waals surface area contributed by atoms with E-state index in [9.17, 15) is 4.79 Å². The molecular formula is C15H23N3O. The van der Waals surface area contributed by atoms with Crippen molar-refractivity contribution in [1.29, 1.82) is 0 Å². The van der Waals surface area contributed by atoms with E-state index in [1.165, 1.54) is 6.42 Å². The van der Waals surface area contributed by atoms with Gasteiger partial charge in [-0.1, -0.05) is 19.1 Å². The van der Waals surface area contributed by atoms with Gasteiger partial charge in [-0.25, -0.2) is 0 Å². The Morgan fingerprint density at radius 3 is 3.00 bits per heavy atom. The maximum atomic E-state index is 11.2. The maximum Gasteiger partial charge on any atom is 0.248 e. The van der Waals surface area contributed by atoms with Crippen molar-refractivity contribution < 1.29 is 4.79 Å². The van der Waals surface area contributed by atoms with Crippen molar-refractivity contribution in [1.82, 2.24) is 10.2 Å². The minimum absolute atomic E-state index is 0.355. The lowest BCUT2D eigenvalue weighted by Crippen LogP contribution is -2.36. The Morgan fingerprint density at radius 2 is 2.37 bits per heavy atom. The largest absolute Gasteiger partial charge is 0.366 e. The van der Waals surface area contributed by atoms with Crippen LogP contribution >= 0.6 is 0 Å². The Bertz CT molecular complexity index is 427. The fourth-order valence-corrected chi connectivity index (χ4v) is 2.69. The van der Waals surface area contributed by atoms with Crippen LogP contribution in [0.5, 0.6) is 0 Å². The predicted molar refractivity (Wildman–Crippen MR) is 76.9 cm³/mol. The number of amides is 1. The zero-order valence-electron chi connectivity index (χ0n) is 11.6. The zero-order chi connectivity index (χ0) is 13.7. The van der Waals surface area contributed by atoms with Crippen LogP contribution in [0.3, 0.4) is 0 Å². The van der Waals surface area contributed by atoms with E-state index in [2.05, 4.69) is 23.2 Å². The summed E-state index contributed by atoms with van der Waals surface area (Å²) < 4.78 is 0. The number of hydrogen-bond acceptors (Lipinski definition) is 3. The van der Waals surface area contributed by atoms with Crippen molar-refractivity contribution in [3.63, 3.8) is 0 Å². The third kappa shape index (κ3) is 3.78. The van der Waals surface area contributed by atoms with Crippen LogP contribution in [0.2, 0.25) is 0 Å². The fraction of sp³-hybridized carbons (Fsp3) is 0.533. The summed E-state index contributed by atoms with van der Waals surface area (Å²) in [5, 5.41) is 3.41. The quantitative estimate of drug-likeness (QED) is 0.813. The first-order chi connectivity index (χ1) is 9.20. The number of primary amides is 1. The molecule has 1 saturated heterocycles. The molecule has 4 nitrogen and oxygen atoms in total. The lowest BCUT2D eigenvalue weighted by molar-refractivity contribution is 0.1000. The molecule has 1 aliphatic heterocycles. The first-order valence-corrected chi connectivity index (χ1v) is 7.04. The highest BCUT2D eigenvalue weighted by Crippen LogP contribution is 2.15. The highest BCUT2D eigenvalue weighted by Gasteiger charge is 2.21. The molecule has 1 atom stereocenters. The van der Waals surface area contributed by atoms with Crippen molar-refractivity contribution in [2.45, 2.75) is 32.4 Å². The third-order valence-electron chi connectivity index (χ3n) is 3.66. The van der Waals surface area contributed by atoms with Crippen LogP contribution < -0.4 is 11.1 Å². The summed E-state index contributed by atoms with van der Waals surface area (Å²) in [4.78, 5) is 13.7. The molecule has 1 fully saturated rings. The van der Waals surface area contributed by atoms with Crippen LogP contribution in [-0.4, -0.2) is 36.5 Å². The second-order valence-electron chi connectivity index (χ2n) is 5.18. The van der Waals surface area contributed by atoms with Crippen molar-refractivity contribution >= 4 is 5.91 Å². The summed E-state index contributed by atoms with van der Waals surface area (Å²) in [6.45, 7) is 6.35. The molecule has 0 saturated carbocycles. The van der Waals surface area contributed by atoms with Gasteiger partial charge in [0.15, 0.2) is 0 Å². The molecule has 1 aromatic rings. The van der Waals surface area contributed by atoms with Crippen molar-refractivity contribution in [2.75, 3.05) is 19.6 Å². The number of hydrogen-bond donors (Lipinski definition) is 2. The van der Waals surface area contributed by atoms with Gasteiger partial charge in [0.05, 0.1) is 0 Å². The molecule has 1 aromatic carbocycles. The van der Waals surface area contributed by atoms with E-state index in [1.54, 1.807) is 6.07 Å². The van der Waals surface area contributed by atoms with Gasteiger partial charge in [-0.05, 0) is 43.6 Å². The normalized spacial score (nSPS) is 18.9. The van der Waals surface area contributed by atoms with E-state index in [1.807, 2.05) is 12.1 Å². The molecule has 1 aliphatic rings. The number of rotatable bonds is 6. The number of nitrogens with one attached hydrogen (secondary N) is 1. The summed E-state index contributed by atoms with van der Waals surface area (Å²) in [6.07, 6.45) is 2.35. The smallest absolute Gasteiger partial charge is 0.248 e. The maximum absolute atomic E-state index is 11.2. The van der Waals surface area contributed by atoms with Crippen LogP contribution in [0.4, 0.5) is 0 Å². The topological polar surface area (TPSA) is 58.4 Å². The van der Waals surface area contributed by atoms with Gasteiger partial charge in [0.25, 0.3) is 0 Å². The Morgan fingerprint density at radius 1 is 1.53 bits per heavy atom. The molecule has 19 heavy (non-hydrogen) atoms. The Kier molecular flexibility index (Phi) is 4.93. The second kappa shape index (κ2) is 6.68. The van der Waals surface area contributed by atoms with Crippen LogP contribution in [0.25, 0.3) is 0 Å². The number of nitrogens with two attached hydrogens (primary N) is 1. The molecule has 1 heterocycles. The molecule has 104 valence electrons. The summed E-state index contributed by atoms with van der Waals surface area (Å²) in [6, 6.07) is 8.27. The first kappa shape index (κ1) is 14.0. The lowest BCUT2D eigenvalue weighted by Gasteiger charge is -2.28. The molecule has 0 aromatic heterocycles. The summed E-state index contributed by atoms with van der Waals surface area (Å²) >= 11 is 0. The average Bonchev–Trinajstić information content (AvgIpc) is 2.92. The lowest BCUT2D eigenvalue weighted by atomic mass is 10.1. The van der Waals surface area contributed by atoms with Gasteiger partial charge in [-0.2, -0.15) is 0 Å². The predicted octanol–water partition coefficient (Wildman–Crippen LogP) is 1.36. The minimum atomic E-state index is -0.355. The van der Waals surface area contributed by atoms with E-state index in [-0.39, 0.29) is 5.91 Å². The number of carbonyl (C=O) groups is 1. The third-order valence-corrected chi connectivity index (χ3v) is 3.66. The van der Waals surface area contributed by atoms with Crippen LogP contribution in [0.1, 0.15) is 35.7 Å². The average molecular weight is 261 g/mol. The monoisotopic (exact) mass is 261 g/mol. The van der Waals surface area contributed by atoms with Crippen molar-refractivity contribution in [2.24, 2.45) is 5.73 Å². The SMILES string of the molecule is CCCN(Cc1cccc(C(N)=O)c1)C1CCNC1. The minimum Gasteiger partial charge on any atom is -0.366 e. The van der Waals surface area contributed by atoms with Crippen LogP contribution in [-0.2, 0) is 6.54 Å². The molecule has 0 radical (unpaired) electrons. The molecule has 0 spiro atoms. The van der Waals surface area contributed by atoms with Gasteiger partial charge in [-0.3, -0.25) is 9.69 Å². The molecule has 0 bridgehead atoms. The van der Waals surface area contributed by atoms with E-state index >= 15 is 0 Å². The molecule has 0 aliphatic carbocycles. The highest BCUT2D eigenvalue weighted by molar-refractivity contribution is 5.92. The molecule has 4 heteroatoms. The standard InChI is InChI=1S/C15H23N3O/c1-2-8-18(14-6-7-17-10-14)11-12-4-3-5-13(9-12)15(16)19/h3-5,9,14,17H,2,6-8,10-11H2,1H3,(H2,16,19). The first-order valence-electron chi connectivity index (χ1n) is 7.04. The van der Waals surface area contributed by atoms with E-state index in [0.29, 0.717) is 11.6 Å². The second-order valence-corrected chi connectivity index (χ2v) is 5.18. The van der Waals surface area contributed by atoms with E-state index < -0.39 is 0 Å².